The second-order valence-electron chi connectivity index (χ2n) is 7.07. The Morgan fingerprint density at radius 1 is 1.50 bits per heavy atom. The number of aldehydes is 1. The minimum atomic E-state index is -0.583. The minimum Gasteiger partial charge on any atom is -0.444 e. The number of hydrogen-bond acceptors (Lipinski definition) is 4. The van der Waals surface area contributed by atoms with Gasteiger partial charge in [-0.15, -0.1) is 0 Å². The Morgan fingerprint density at radius 3 is 2.92 bits per heavy atom. The lowest BCUT2D eigenvalue weighted by Gasteiger charge is -2.19. The van der Waals surface area contributed by atoms with E-state index in [2.05, 4.69) is 15.3 Å². The molecule has 1 aromatic carbocycles. The van der Waals surface area contributed by atoms with E-state index in [1.165, 1.54) is 0 Å². The lowest BCUT2D eigenvalue weighted by Crippen LogP contribution is -2.32. The van der Waals surface area contributed by atoms with Crippen LogP contribution in [0.5, 0.6) is 0 Å². The van der Waals surface area contributed by atoms with Crippen molar-refractivity contribution in [2.75, 3.05) is 0 Å². The van der Waals surface area contributed by atoms with E-state index < -0.39 is 11.7 Å². The highest BCUT2D eigenvalue weighted by Crippen LogP contribution is 2.32. The molecule has 128 valence electrons. The number of benzene rings is 1. The Hall–Kier alpha value is -2.44. The molecular formula is C17H20FN3O3. The molecule has 1 amide bonds. The van der Waals surface area contributed by atoms with Crippen molar-refractivity contribution in [1.82, 2.24) is 15.3 Å². The van der Waals surface area contributed by atoms with Crippen LogP contribution in [0.25, 0.3) is 11.0 Å². The summed E-state index contributed by atoms with van der Waals surface area (Å²) in [6.45, 7) is 5.44. The third-order valence-electron chi connectivity index (χ3n) is 3.90. The van der Waals surface area contributed by atoms with Crippen molar-refractivity contribution < 1.29 is 18.7 Å². The van der Waals surface area contributed by atoms with Gasteiger partial charge in [0.1, 0.15) is 23.2 Å². The molecule has 0 bridgehead atoms. The van der Waals surface area contributed by atoms with E-state index in [0.717, 1.165) is 11.8 Å². The number of halogens is 1. The molecule has 1 aliphatic rings. The number of amides is 1. The third kappa shape index (κ3) is 3.25. The van der Waals surface area contributed by atoms with E-state index in [1.807, 2.05) is 6.07 Å². The summed E-state index contributed by atoms with van der Waals surface area (Å²) in [5.74, 6) is -0.0914. The first-order valence-corrected chi connectivity index (χ1v) is 7.88. The van der Waals surface area contributed by atoms with Crippen molar-refractivity contribution in [3.05, 3.63) is 28.8 Å². The topological polar surface area (TPSA) is 84.1 Å². The predicted octanol–water partition coefficient (Wildman–Crippen LogP) is 2.64. The zero-order valence-corrected chi connectivity index (χ0v) is 13.9. The standard InChI is InChI=1S/C17H20FN3O3/c1-17(2,3)24-16(23)19-7-13-20-12-6-10-4-9(8-22)5-11(10)14(18)15(12)21-13/h6,8-9H,4-5,7H2,1-3H3,(H,19,23)(H,20,21). The van der Waals surface area contributed by atoms with Gasteiger partial charge < -0.3 is 19.8 Å². The van der Waals surface area contributed by atoms with Gasteiger partial charge in [0.15, 0.2) is 5.82 Å². The van der Waals surface area contributed by atoms with Crippen LogP contribution in [0.1, 0.15) is 37.7 Å². The van der Waals surface area contributed by atoms with Gasteiger partial charge in [-0.25, -0.2) is 14.2 Å². The zero-order valence-electron chi connectivity index (χ0n) is 13.9. The summed E-state index contributed by atoms with van der Waals surface area (Å²) < 4.78 is 19.8. The van der Waals surface area contributed by atoms with Gasteiger partial charge in [-0.1, -0.05) is 0 Å². The van der Waals surface area contributed by atoms with E-state index in [4.69, 9.17) is 4.74 Å². The number of hydrogen-bond donors (Lipinski definition) is 2. The normalized spacial score (nSPS) is 16.9. The highest BCUT2D eigenvalue weighted by atomic mass is 19.1. The zero-order chi connectivity index (χ0) is 17.5. The van der Waals surface area contributed by atoms with E-state index in [1.54, 1.807) is 20.8 Å². The number of rotatable bonds is 3. The number of alkyl carbamates (subject to hydrolysis) is 1. The highest BCUT2D eigenvalue weighted by Gasteiger charge is 2.27. The van der Waals surface area contributed by atoms with Crippen LogP contribution in [0.15, 0.2) is 6.07 Å². The Labute approximate surface area is 138 Å². The van der Waals surface area contributed by atoms with E-state index >= 15 is 0 Å². The Bertz CT molecular complexity index is 807. The summed E-state index contributed by atoms with van der Waals surface area (Å²) in [7, 11) is 0. The fourth-order valence-electron chi connectivity index (χ4n) is 2.92. The maximum Gasteiger partial charge on any atom is 0.408 e. The molecule has 0 spiro atoms. The van der Waals surface area contributed by atoms with Gasteiger partial charge in [0.2, 0.25) is 0 Å². The average Bonchev–Trinajstić information content (AvgIpc) is 3.07. The molecule has 2 N–H and O–H groups in total. The fourth-order valence-corrected chi connectivity index (χ4v) is 2.92. The van der Waals surface area contributed by atoms with Crippen LogP contribution < -0.4 is 5.32 Å². The van der Waals surface area contributed by atoms with E-state index in [9.17, 15) is 14.0 Å². The second kappa shape index (κ2) is 5.89. The van der Waals surface area contributed by atoms with Crippen LogP contribution in [0.3, 0.4) is 0 Å². The number of aromatic nitrogens is 2. The maximum absolute atomic E-state index is 14.6. The lowest BCUT2D eigenvalue weighted by molar-refractivity contribution is -0.110. The van der Waals surface area contributed by atoms with E-state index in [0.29, 0.717) is 29.7 Å². The smallest absolute Gasteiger partial charge is 0.408 e. The molecule has 1 unspecified atom stereocenters. The van der Waals surface area contributed by atoms with Gasteiger partial charge in [-0.3, -0.25) is 0 Å². The maximum atomic E-state index is 14.6. The molecule has 0 aliphatic heterocycles. The molecule has 7 heteroatoms. The average molecular weight is 333 g/mol. The van der Waals surface area contributed by atoms with Crippen LogP contribution in [0.2, 0.25) is 0 Å². The summed E-state index contributed by atoms with van der Waals surface area (Å²) in [4.78, 5) is 29.8. The number of nitrogens with one attached hydrogen (secondary N) is 2. The Balaban J connectivity index is 1.77. The monoisotopic (exact) mass is 333 g/mol. The van der Waals surface area contributed by atoms with Gasteiger partial charge in [0, 0.05) is 5.92 Å². The predicted molar refractivity (Wildman–Crippen MR) is 86.1 cm³/mol. The minimum absolute atomic E-state index is 0.116. The molecule has 1 atom stereocenters. The number of fused-ring (bicyclic) bond motifs is 2. The third-order valence-corrected chi connectivity index (χ3v) is 3.90. The lowest BCUT2D eigenvalue weighted by atomic mass is 10.1. The number of carbonyl (C=O) groups excluding carboxylic acids is 2. The van der Waals surface area contributed by atoms with Crippen molar-refractivity contribution in [1.29, 1.82) is 0 Å². The molecule has 0 fully saturated rings. The largest absolute Gasteiger partial charge is 0.444 e. The first-order valence-electron chi connectivity index (χ1n) is 7.88. The number of ether oxygens (including phenoxy) is 1. The SMILES string of the molecule is CC(C)(C)OC(=O)NCc1nc2c(F)c3c(cc2[nH]1)CC(C=O)C3. The Kier molecular flexibility index (Phi) is 4.03. The molecule has 1 aromatic heterocycles. The fraction of sp³-hybridized carbons (Fsp3) is 0.471. The van der Waals surface area contributed by atoms with Crippen molar-refractivity contribution in [3.63, 3.8) is 0 Å². The van der Waals surface area contributed by atoms with Gasteiger partial charge in [-0.2, -0.15) is 0 Å². The molecule has 24 heavy (non-hydrogen) atoms. The number of aromatic amines is 1. The van der Waals surface area contributed by atoms with Crippen molar-refractivity contribution in [3.8, 4) is 0 Å². The summed E-state index contributed by atoms with van der Waals surface area (Å²) in [6.07, 6.45) is 1.28. The molecule has 1 aliphatic carbocycles. The number of carbonyl (C=O) groups is 2. The van der Waals surface area contributed by atoms with Crippen LogP contribution in [-0.2, 0) is 28.9 Å². The van der Waals surface area contributed by atoms with E-state index in [-0.39, 0.29) is 23.8 Å². The molecule has 3 rings (SSSR count). The Morgan fingerprint density at radius 2 is 2.25 bits per heavy atom. The first kappa shape index (κ1) is 16.4. The molecule has 0 radical (unpaired) electrons. The highest BCUT2D eigenvalue weighted by molar-refractivity contribution is 5.79. The summed E-state index contributed by atoms with van der Waals surface area (Å²) in [5.41, 5.74) is 1.63. The number of nitrogens with zero attached hydrogens (tertiary/aromatic N) is 1. The van der Waals surface area contributed by atoms with Crippen LogP contribution in [0.4, 0.5) is 9.18 Å². The van der Waals surface area contributed by atoms with Crippen molar-refractivity contribution >= 4 is 23.4 Å². The second-order valence-corrected chi connectivity index (χ2v) is 7.07. The van der Waals surface area contributed by atoms with Crippen LogP contribution in [-0.4, -0.2) is 27.9 Å². The quantitative estimate of drug-likeness (QED) is 0.846. The molecule has 0 saturated carbocycles. The molecule has 0 saturated heterocycles. The number of H-pyrrole nitrogens is 1. The number of imidazole rings is 1. The van der Waals surface area contributed by atoms with Crippen molar-refractivity contribution in [2.24, 2.45) is 5.92 Å². The molecule has 2 aromatic rings. The molecule has 1 heterocycles. The summed E-state index contributed by atoms with van der Waals surface area (Å²) in [6, 6.07) is 1.83. The van der Waals surface area contributed by atoms with Gasteiger partial charge >= 0.3 is 6.09 Å². The van der Waals surface area contributed by atoms with Crippen LogP contribution >= 0.6 is 0 Å². The first-order chi connectivity index (χ1) is 11.3. The van der Waals surface area contributed by atoms with Gasteiger partial charge in [0.25, 0.3) is 0 Å². The molecular weight excluding hydrogens is 313 g/mol. The van der Waals surface area contributed by atoms with Gasteiger partial charge in [0.05, 0.1) is 12.1 Å². The molecule has 6 nitrogen and oxygen atoms in total. The summed E-state index contributed by atoms with van der Waals surface area (Å²) in [5, 5.41) is 2.59. The van der Waals surface area contributed by atoms with Gasteiger partial charge in [-0.05, 0) is 50.8 Å². The van der Waals surface area contributed by atoms with Crippen LogP contribution in [0, 0.1) is 11.7 Å². The van der Waals surface area contributed by atoms with Crippen molar-refractivity contribution in [2.45, 2.75) is 45.8 Å². The summed E-state index contributed by atoms with van der Waals surface area (Å²) >= 11 is 0.